The average molecular weight is 250 g/mol. The molecule has 0 bridgehead atoms. The van der Waals surface area contributed by atoms with Gasteiger partial charge in [0.2, 0.25) is 0 Å². The lowest BCUT2D eigenvalue weighted by molar-refractivity contribution is 0.315. The van der Waals surface area contributed by atoms with Gasteiger partial charge in [0, 0.05) is 17.7 Å². The summed E-state index contributed by atoms with van der Waals surface area (Å²) in [4.78, 5) is 0. The van der Waals surface area contributed by atoms with Crippen LogP contribution in [0.4, 0.5) is 5.82 Å². The maximum Gasteiger partial charge on any atom is 0.164 e. The van der Waals surface area contributed by atoms with Gasteiger partial charge in [-0.3, -0.25) is 4.68 Å². The van der Waals surface area contributed by atoms with E-state index in [2.05, 4.69) is 11.2 Å². The third-order valence-corrected chi connectivity index (χ3v) is 3.24. The van der Waals surface area contributed by atoms with Crippen LogP contribution < -0.4 is 10.5 Å². The van der Waals surface area contributed by atoms with Crippen molar-refractivity contribution in [2.45, 2.75) is 12.5 Å². The van der Waals surface area contributed by atoms with Crippen molar-refractivity contribution in [3.8, 4) is 5.75 Å². The molecule has 1 atom stereocenters. The fourth-order valence-electron chi connectivity index (χ4n) is 2.11. The van der Waals surface area contributed by atoms with Crippen LogP contribution in [0.1, 0.15) is 11.5 Å². The van der Waals surface area contributed by atoms with Crippen LogP contribution in [-0.4, -0.2) is 16.4 Å². The second kappa shape index (κ2) is 3.96. The Labute approximate surface area is 104 Å². The van der Waals surface area contributed by atoms with Gasteiger partial charge in [0.15, 0.2) is 5.82 Å². The van der Waals surface area contributed by atoms with Gasteiger partial charge in [-0.15, -0.1) is 0 Å². The molecule has 5 heteroatoms. The molecule has 0 saturated carbocycles. The van der Waals surface area contributed by atoms with E-state index in [4.69, 9.17) is 22.1 Å². The van der Waals surface area contributed by atoms with E-state index >= 15 is 0 Å². The van der Waals surface area contributed by atoms with Gasteiger partial charge in [-0.1, -0.05) is 29.8 Å². The number of para-hydroxylation sites is 1. The van der Waals surface area contributed by atoms with E-state index in [9.17, 15) is 0 Å². The molecule has 17 heavy (non-hydrogen) atoms. The third-order valence-electron chi connectivity index (χ3n) is 2.95. The third kappa shape index (κ3) is 1.85. The van der Waals surface area contributed by atoms with Crippen LogP contribution >= 0.6 is 11.6 Å². The van der Waals surface area contributed by atoms with Gasteiger partial charge >= 0.3 is 0 Å². The fourth-order valence-corrected chi connectivity index (χ4v) is 2.26. The molecule has 0 fully saturated rings. The van der Waals surface area contributed by atoms with Crippen LogP contribution in [0.15, 0.2) is 30.5 Å². The Hall–Kier alpha value is -1.68. The quantitative estimate of drug-likeness (QED) is 0.889. The minimum Gasteiger partial charge on any atom is -0.493 e. The van der Waals surface area contributed by atoms with Crippen molar-refractivity contribution in [2.75, 3.05) is 12.3 Å². The topological polar surface area (TPSA) is 53.1 Å². The van der Waals surface area contributed by atoms with E-state index < -0.39 is 0 Å². The number of hydrogen-bond donors (Lipinski definition) is 1. The van der Waals surface area contributed by atoms with Crippen LogP contribution in [-0.2, 0) is 6.54 Å². The smallest absolute Gasteiger partial charge is 0.164 e. The molecule has 0 aliphatic carbocycles. The maximum absolute atomic E-state index is 5.88. The van der Waals surface area contributed by atoms with E-state index in [1.54, 1.807) is 10.9 Å². The summed E-state index contributed by atoms with van der Waals surface area (Å²) in [7, 11) is 0. The Morgan fingerprint density at radius 3 is 3.06 bits per heavy atom. The van der Waals surface area contributed by atoms with Crippen molar-refractivity contribution in [3.05, 3.63) is 41.0 Å². The number of rotatable bonds is 2. The fraction of sp³-hybridized carbons (Fsp3) is 0.250. The number of fused-ring (bicyclic) bond motifs is 1. The lowest BCUT2D eigenvalue weighted by Gasteiger charge is -2.08. The number of benzene rings is 1. The van der Waals surface area contributed by atoms with Gasteiger partial charge in [0.1, 0.15) is 10.8 Å². The molecule has 4 nitrogen and oxygen atoms in total. The molecule has 0 amide bonds. The minimum absolute atomic E-state index is 0.307. The van der Waals surface area contributed by atoms with Gasteiger partial charge in [0.05, 0.1) is 13.2 Å². The standard InChI is InChI=1S/C12H12ClN3O/c13-10-6-16(15-12(10)14)5-8-7-17-11-4-2-1-3-9(8)11/h1-4,6,8H,5,7H2,(H2,14,15). The molecule has 0 spiro atoms. The van der Waals surface area contributed by atoms with Crippen LogP contribution in [0.2, 0.25) is 5.02 Å². The molecule has 2 aromatic rings. The molecule has 0 radical (unpaired) electrons. The summed E-state index contributed by atoms with van der Waals surface area (Å²) >= 11 is 5.88. The Morgan fingerprint density at radius 2 is 2.29 bits per heavy atom. The first-order valence-electron chi connectivity index (χ1n) is 5.44. The molecule has 0 saturated heterocycles. The van der Waals surface area contributed by atoms with Crippen LogP contribution in [0.25, 0.3) is 0 Å². The molecule has 1 aliphatic rings. The van der Waals surface area contributed by atoms with Gasteiger partial charge in [0.25, 0.3) is 0 Å². The molecular weight excluding hydrogens is 238 g/mol. The predicted molar refractivity (Wildman–Crippen MR) is 66.3 cm³/mol. The molecule has 1 unspecified atom stereocenters. The summed E-state index contributed by atoms with van der Waals surface area (Å²) in [6.45, 7) is 1.41. The molecule has 3 rings (SSSR count). The Balaban J connectivity index is 1.84. The molecule has 88 valence electrons. The largest absolute Gasteiger partial charge is 0.493 e. The zero-order chi connectivity index (χ0) is 11.8. The highest BCUT2D eigenvalue weighted by Crippen LogP contribution is 2.34. The number of nitrogens with two attached hydrogens (primary N) is 1. The summed E-state index contributed by atoms with van der Waals surface area (Å²) in [5.74, 6) is 1.64. The number of anilines is 1. The lowest BCUT2D eigenvalue weighted by atomic mass is 10.0. The highest BCUT2D eigenvalue weighted by Gasteiger charge is 2.24. The summed E-state index contributed by atoms with van der Waals surface area (Å²) in [6, 6.07) is 8.07. The first-order valence-corrected chi connectivity index (χ1v) is 5.82. The summed E-state index contributed by atoms with van der Waals surface area (Å²) < 4.78 is 7.39. The second-order valence-corrected chi connectivity index (χ2v) is 4.54. The molecule has 2 heterocycles. The SMILES string of the molecule is Nc1nn(CC2COc3ccccc32)cc1Cl. The lowest BCUT2D eigenvalue weighted by Crippen LogP contribution is -2.11. The highest BCUT2D eigenvalue weighted by molar-refractivity contribution is 6.32. The second-order valence-electron chi connectivity index (χ2n) is 4.13. The van der Waals surface area contributed by atoms with Crippen molar-refractivity contribution in [1.82, 2.24) is 9.78 Å². The molecular formula is C12H12ClN3O. The van der Waals surface area contributed by atoms with E-state index in [1.807, 2.05) is 18.2 Å². The van der Waals surface area contributed by atoms with Crippen LogP contribution in [0.3, 0.4) is 0 Å². The Kier molecular flexibility index (Phi) is 2.44. The highest BCUT2D eigenvalue weighted by atomic mass is 35.5. The predicted octanol–water partition coefficient (Wildman–Crippen LogP) is 2.29. The number of halogens is 1. The normalized spacial score (nSPS) is 17.8. The first kappa shape index (κ1) is 10.5. The Morgan fingerprint density at radius 1 is 1.47 bits per heavy atom. The van der Waals surface area contributed by atoms with E-state index in [0.717, 1.165) is 12.3 Å². The Bertz CT molecular complexity index is 533. The number of aromatic nitrogens is 2. The number of nitrogen functional groups attached to an aromatic ring is 1. The first-order chi connectivity index (χ1) is 8.24. The summed E-state index contributed by atoms with van der Waals surface area (Å²) in [6.07, 6.45) is 1.75. The van der Waals surface area contributed by atoms with Crippen molar-refractivity contribution < 1.29 is 4.74 Å². The molecule has 2 N–H and O–H groups in total. The van der Waals surface area contributed by atoms with Gasteiger partial charge in [-0.25, -0.2) is 0 Å². The van der Waals surface area contributed by atoms with Crippen molar-refractivity contribution in [2.24, 2.45) is 0 Å². The van der Waals surface area contributed by atoms with E-state index in [0.29, 0.717) is 23.4 Å². The van der Waals surface area contributed by atoms with Crippen LogP contribution in [0, 0.1) is 0 Å². The summed E-state index contributed by atoms with van der Waals surface area (Å²) in [5, 5.41) is 4.65. The zero-order valence-corrected chi connectivity index (χ0v) is 9.89. The van der Waals surface area contributed by atoms with Crippen molar-refractivity contribution in [3.63, 3.8) is 0 Å². The molecule has 1 aromatic carbocycles. The van der Waals surface area contributed by atoms with Gasteiger partial charge in [-0.05, 0) is 6.07 Å². The number of ether oxygens (including phenoxy) is 1. The number of nitrogens with zero attached hydrogens (tertiary/aromatic N) is 2. The minimum atomic E-state index is 0.307. The van der Waals surface area contributed by atoms with Crippen molar-refractivity contribution >= 4 is 17.4 Å². The maximum atomic E-state index is 5.88. The number of hydrogen-bond acceptors (Lipinski definition) is 3. The molecule has 1 aromatic heterocycles. The van der Waals surface area contributed by atoms with Crippen molar-refractivity contribution in [1.29, 1.82) is 0 Å². The van der Waals surface area contributed by atoms with Crippen LogP contribution in [0.5, 0.6) is 5.75 Å². The van der Waals surface area contributed by atoms with Gasteiger partial charge in [-0.2, -0.15) is 5.10 Å². The molecule has 1 aliphatic heterocycles. The average Bonchev–Trinajstić information content (AvgIpc) is 2.85. The zero-order valence-electron chi connectivity index (χ0n) is 9.14. The van der Waals surface area contributed by atoms with E-state index in [-0.39, 0.29) is 0 Å². The summed E-state index contributed by atoms with van der Waals surface area (Å²) in [5.41, 5.74) is 6.83. The monoisotopic (exact) mass is 249 g/mol. The van der Waals surface area contributed by atoms with Gasteiger partial charge < -0.3 is 10.5 Å². The van der Waals surface area contributed by atoms with E-state index in [1.165, 1.54) is 5.56 Å².